The van der Waals surface area contributed by atoms with E-state index in [-0.39, 0.29) is 0 Å². The Morgan fingerprint density at radius 2 is 2.07 bits per heavy atom. The number of fused-ring (bicyclic) bond motifs is 1. The van der Waals surface area contributed by atoms with Crippen LogP contribution in [-0.2, 0) is 0 Å². The maximum absolute atomic E-state index is 5.74. The first kappa shape index (κ1) is 8.68. The van der Waals surface area contributed by atoms with Crippen molar-refractivity contribution in [2.75, 3.05) is 20.0 Å². The molecule has 0 aliphatic rings. The molecule has 2 rings (SSSR count). The molecular weight excluding hydrogens is 182 g/mol. The number of aromatic nitrogens is 2. The van der Waals surface area contributed by atoms with Crippen LogP contribution < -0.4 is 15.2 Å². The van der Waals surface area contributed by atoms with Crippen molar-refractivity contribution < 1.29 is 9.47 Å². The smallest absolute Gasteiger partial charge is 0.200 e. The van der Waals surface area contributed by atoms with E-state index in [0.717, 1.165) is 0 Å². The van der Waals surface area contributed by atoms with E-state index in [1.165, 1.54) is 0 Å². The van der Waals surface area contributed by atoms with Crippen LogP contribution in [0.5, 0.6) is 11.6 Å². The number of nitrogen functional groups attached to an aromatic ring is 1. The largest absolute Gasteiger partial charge is 0.493 e. The number of nitrogens with two attached hydrogens (primary N) is 1. The van der Waals surface area contributed by atoms with Gasteiger partial charge >= 0.3 is 0 Å². The first-order chi connectivity index (χ1) is 6.77. The predicted molar refractivity (Wildman–Crippen MR) is 52.7 cm³/mol. The van der Waals surface area contributed by atoms with Crippen molar-refractivity contribution >= 4 is 11.5 Å². The number of rotatable bonds is 2. The van der Waals surface area contributed by atoms with E-state index in [2.05, 4.69) is 4.98 Å². The second-order valence-electron chi connectivity index (χ2n) is 2.79. The average molecular weight is 193 g/mol. The Hall–Kier alpha value is -1.91. The highest BCUT2D eigenvalue weighted by atomic mass is 16.5. The molecule has 5 nitrogen and oxygen atoms in total. The Morgan fingerprint density at radius 1 is 1.29 bits per heavy atom. The minimum atomic E-state index is 0.524. The van der Waals surface area contributed by atoms with E-state index in [1.54, 1.807) is 36.9 Å². The molecule has 0 fully saturated rings. The van der Waals surface area contributed by atoms with E-state index in [1.807, 2.05) is 0 Å². The Balaban J connectivity index is 2.81. The summed E-state index contributed by atoms with van der Waals surface area (Å²) in [4.78, 5) is 4.13. The number of imidazole rings is 1. The molecule has 0 aliphatic carbocycles. The second kappa shape index (κ2) is 3.10. The van der Waals surface area contributed by atoms with Crippen LogP contribution in [0.2, 0.25) is 0 Å². The van der Waals surface area contributed by atoms with Crippen molar-refractivity contribution in [3.63, 3.8) is 0 Å². The van der Waals surface area contributed by atoms with Gasteiger partial charge in [0.1, 0.15) is 5.82 Å². The standard InChI is InChI=1S/C9H11N3O2/c1-13-6-3-4-8(14-2)12-7(10)5-11-9(6)12/h3-5H,10H2,1-2H3. The van der Waals surface area contributed by atoms with E-state index < -0.39 is 0 Å². The van der Waals surface area contributed by atoms with Crippen LogP contribution in [0.25, 0.3) is 5.65 Å². The van der Waals surface area contributed by atoms with E-state index in [4.69, 9.17) is 15.2 Å². The van der Waals surface area contributed by atoms with Gasteiger partial charge in [0.15, 0.2) is 11.4 Å². The molecule has 0 bridgehead atoms. The molecule has 0 atom stereocenters. The minimum absolute atomic E-state index is 0.524. The van der Waals surface area contributed by atoms with Gasteiger partial charge in [-0.05, 0) is 6.07 Å². The van der Waals surface area contributed by atoms with Gasteiger partial charge in [0.25, 0.3) is 0 Å². The van der Waals surface area contributed by atoms with Crippen molar-refractivity contribution in [1.29, 1.82) is 0 Å². The van der Waals surface area contributed by atoms with Crippen LogP contribution in [0, 0.1) is 0 Å². The highest BCUT2D eigenvalue weighted by Crippen LogP contribution is 2.26. The summed E-state index contributed by atoms with van der Waals surface area (Å²) in [6.45, 7) is 0. The first-order valence-corrected chi connectivity index (χ1v) is 4.12. The van der Waals surface area contributed by atoms with Crippen molar-refractivity contribution in [2.24, 2.45) is 0 Å². The maximum atomic E-state index is 5.74. The molecule has 14 heavy (non-hydrogen) atoms. The van der Waals surface area contributed by atoms with Gasteiger partial charge in [-0.2, -0.15) is 0 Å². The summed E-state index contributed by atoms with van der Waals surface area (Å²) < 4.78 is 12.0. The van der Waals surface area contributed by atoms with Gasteiger partial charge in [0.2, 0.25) is 5.88 Å². The lowest BCUT2D eigenvalue weighted by Gasteiger charge is -2.07. The number of pyridine rings is 1. The molecule has 74 valence electrons. The van der Waals surface area contributed by atoms with Crippen molar-refractivity contribution in [3.8, 4) is 11.6 Å². The number of hydrogen-bond acceptors (Lipinski definition) is 4. The summed E-state index contributed by atoms with van der Waals surface area (Å²) in [5.74, 6) is 1.83. The quantitative estimate of drug-likeness (QED) is 0.770. The second-order valence-corrected chi connectivity index (χ2v) is 2.79. The zero-order valence-corrected chi connectivity index (χ0v) is 8.02. The van der Waals surface area contributed by atoms with E-state index >= 15 is 0 Å². The predicted octanol–water partition coefficient (Wildman–Crippen LogP) is 0.934. The molecule has 5 heteroatoms. The topological polar surface area (TPSA) is 61.8 Å². The van der Waals surface area contributed by atoms with Crippen LogP contribution in [0.1, 0.15) is 0 Å². The zero-order valence-electron chi connectivity index (χ0n) is 8.02. The normalized spacial score (nSPS) is 10.4. The summed E-state index contributed by atoms with van der Waals surface area (Å²) in [5.41, 5.74) is 6.40. The van der Waals surface area contributed by atoms with Crippen LogP contribution in [0.15, 0.2) is 18.3 Å². The monoisotopic (exact) mass is 193 g/mol. The lowest BCUT2D eigenvalue weighted by molar-refractivity contribution is 0.386. The Bertz CT molecular complexity index is 464. The highest BCUT2D eigenvalue weighted by Gasteiger charge is 2.10. The van der Waals surface area contributed by atoms with Crippen molar-refractivity contribution in [3.05, 3.63) is 18.3 Å². The number of hydrogen-bond donors (Lipinski definition) is 1. The molecule has 0 saturated heterocycles. The van der Waals surface area contributed by atoms with Crippen LogP contribution in [0.4, 0.5) is 5.82 Å². The third-order valence-corrected chi connectivity index (χ3v) is 2.04. The third-order valence-electron chi connectivity index (χ3n) is 2.04. The summed E-state index contributed by atoms with van der Waals surface area (Å²) in [6.07, 6.45) is 1.57. The Morgan fingerprint density at radius 3 is 2.71 bits per heavy atom. The zero-order chi connectivity index (χ0) is 10.1. The fraction of sp³-hybridized carbons (Fsp3) is 0.222. The van der Waals surface area contributed by atoms with E-state index in [0.29, 0.717) is 23.1 Å². The van der Waals surface area contributed by atoms with Crippen molar-refractivity contribution in [1.82, 2.24) is 9.38 Å². The molecule has 0 aromatic carbocycles. The van der Waals surface area contributed by atoms with E-state index in [9.17, 15) is 0 Å². The number of anilines is 1. The van der Waals surface area contributed by atoms with Gasteiger partial charge < -0.3 is 15.2 Å². The molecule has 0 unspecified atom stereocenters. The molecular formula is C9H11N3O2. The Labute approximate surface area is 81.1 Å². The summed E-state index contributed by atoms with van der Waals surface area (Å²) >= 11 is 0. The third kappa shape index (κ3) is 1.06. The molecule has 0 saturated carbocycles. The van der Waals surface area contributed by atoms with Gasteiger partial charge in [-0.3, -0.25) is 0 Å². The Kier molecular flexibility index (Phi) is 1.92. The van der Waals surface area contributed by atoms with Gasteiger partial charge in [-0.15, -0.1) is 0 Å². The fourth-order valence-corrected chi connectivity index (χ4v) is 1.39. The number of nitrogens with zero attached hydrogens (tertiary/aromatic N) is 2. The van der Waals surface area contributed by atoms with Crippen LogP contribution in [-0.4, -0.2) is 23.6 Å². The first-order valence-electron chi connectivity index (χ1n) is 4.12. The number of ether oxygens (including phenoxy) is 2. The lowest BCUT2D eigenvalue weighted by Crippen LogP contribution is -1.99. The molecule has 2 N–H and O–H groups in total. The van der Waals surface area contributed by atoms with Gasteiger partial charge in [0, 0.05) is 6.07 Å². The average Bonchev–Trinajstić information content (AvgIpc) is 2.60. The maximum Gasteiger partial charge on any atom is 0.200 e. The molecule has 0 aliphatic heterocycles. The fourth-order valence-electron chi connectivity index (χ4n) is 1.39. The van der Waals surface area contributed by atoms with Gasteiger partial charge in [-0.25, -0.2) is 9.38 Å². The van der Waals surface area contributed by atoms with Crippen LogP contribution in [0.3, 0.4) is 0 Å². The van der Waals surface area contributed by atoms with Gasteiger partial charge in [0.05, 0.1) is 20.4 Å². The summed E-state index contributed by atoms with van der Waals surface area (Å²) in [7, 11) is 3.17. The molecule has 0 radical (unpaired) electrons. The molecule has 2 heterocycles. The lowest BCUT2D eigenvalue weighted by atomic mass is 10.4. The molecule has 2 aromatic rings. The molecule has 0 amide bonds. The summed E-state index contributed by atoms with van der Waals surface area (Å²) in [6, 6.07) is 3.57. The SMILES string of the molecule is COc1ccc(OC)n2c(N)cnc12. The van der Waals surface area contributed by atoms with Crippen LogP contribution >= 0.6 is 0 Å². The number of methoxy groups -OCH3 is 2. The molecule has 0 spiro atoms. The highest BCUT2D eigenvalue weighted by molar-refractivity contribution is 5.61. The van der Waals surface area contributed by atoms with Gasteiger partial charge in [-0.1, -0.05) is 0 Å². The minimum Gasteiger partial charge on any atom is -0.493 e. The summed E-state index contributed by atoms with van der Waals surface area (Å²) in [5, 5.41) is 0. The van der Waals surface area contributed by atoms with Crippen molar-refractivity contribution in [2.45, 2.75) is 0 Å². The molecule has 2 aromatic heterocycles.